The summed E-state index contributed by atoms with van der Waals surface area (Å²) < 4.78 is 0. The molecule has 1 aromatic rings. The van der Waals surface area contributed by atoms with Crippen LogP contribution in [0.1, 0.15) is 19.3 Å². The van der Waals surface area contributed by atoms with Crippen LogP contribution < -0.4 is 11.1 Å². The van der Waals surface area contributed by atoms with Crippen molar-refractivity contribution in [2.45, 2.75) is 24.5 Å². The van der Waals surface area contributed by atoms with Crippen LogP contribution >= 0.6 is 11.8 Å². The van der Waals surface area contributed by atoms with E-state index in [1.165, 1.54) is 37.1 Å². The molecular weight excluding hydrogens is 250 g/mol. The van der Waals surface area contributed by atoms with Crippen LogP contribution in [-0.4, -0.2) is 22.5 Å². The SMILES string of the molecule is Nc1cc(NCC2CCCCS2)cc([N+](=O)[O-])c1. The maximum atomic E-state index is 10.7. The van der Waals surface area contributed by atoms with Crippen molar-refractivity contribution in [3.05, 3.63) is 28.3 Å². The van der Waals surface area contributed by atoms with Crippen LogP contribution in [0.3, 0.4) is 0 Å². The van der Waals surface area contributed by atoms with Gasteiger partial charge in [-0.05, 0) is 24.7 Å². The monoisotopic (exact) mass is 267 g/mol. The molecule has 0 aromatic heterocycles. The van der Waals surface area contributed by atoms with Crippen LogP contribution in [0.5, 0.6) is 0 Å². The molecule has 1 heterocycles. The zero-order valence-corrected chi connectivity index (χ0v) is 10.9. The highest BCUT2D eigenvalue weighted by molar-refractivity contribution is 7.99. The molecule has 0 saturated carbocycles. The van der Waals surface area contributed by atoms with Gasteiger partial charge in [-0.3, -0.25) is 10.1 Å². The number of nitro benzene ring substituents is 1. The second kappa shape index (κ2) is 5.95. The molecule has 0 radical (unpaired) electrons. The van der Waals surface area contributed by atoms with Gasteiger partial charge >= 0.3 is 0 Å². The van der Waals surface area contributed by atoms with Gasteiger partial charge in [0.15, 0.2) is 0 Å². The molecule has 6 heteroatoms. The van der Waals surface area contributed by atoms with Gasteiger partial charge in [0, 0.05) is 35.3 Å². The Bertz CT molecular complexity index is 433. The summed E-state index contributed by atoms with van der Waals surface area (Å²) in [7, 11) is 0. The molecule has 1 fully saturated rings. The number of non-ortho nitro benzene ring substituents is 1. The largest absolute Gasteiger partial charge is 0.398 e. The van der Waals surface area contributed by atoms with Crippen LogP contribution in [0.25, 0.3) is 0 Å². The molecule has 1 aliphatic heterocycles. The first kappa shape index (κ1) is 13.0. The first-order valence-electron chi connectivity index (χ1n) is 6.05. The molecule has 1 atom stereocenters. The van der Waals surface area contributed by atoms with Gasteiger partial charge in [0.1, 0.15) is 0 Å². The first-order valence-corrected chi connectivity index (χ1v) is 7.10. The smallest absolute Gasteiger partial charge is 0.273 e. The fourth-order valence-corrected chi connectivity index (χ4v) is 3.28. The quantitative estimate of drug-likeness (QED) is 0.498. The van der Waals surface area contributed by atoms with Gasteiger partial charge in [-0.2, -0.15) is 11.8 Å². The van der Waals surface area contributed by atoms with Crippen molar-refractivity contribution in [3.8, 4) is 0 Å². The first-order chi connectivity index (χ1) is 8.65. The Labute approximate surface area is 110 Å². The van der Waals surface area contributed by atoms with E-state index in [1.54, 1.807) is 6.07 Å². The number of hydrogen-bond acceptors (Lipinski definition) is 5. The van der Waals surface area contributed by atoms with E-state index in [1.807, 2.05) is 11.8 Å². The van der Waals surface area contributed by atoms with E-state index in [0.29, 0.717) is 10.9 Å². The lowest BCUT2D eigenvalue weighted by Crippen LogP contribution is -2.20. The number of nitrogens with one attached hydrogen (secondary N) is 1. The number of thioether (sulfide) groups is 1. The number of rotatable bonds is 4. The molecule has 1 unspecified atom stereocenters. The number of hydrogen-bond donors (Lipinski definition) is 2. The lowest BCUT2D eigenvalue weighted by molar-refractivity contribution is -0.384. The van der Waals surface area contributed by atoms with Crippen molar-refractivity contribution in [3.63, 3.8) is 0 Å². The van der Waals surface area contributed by atoms with Gasteiger partial charge in [0.05, 0.1) is 4.92 Å². The van der Waals surface area contributed by atoms with Crippen molar-refractivity contribution < 1.29 is 4.92 Å². The number of benzene rings is 1. The van der Waals surface area contributed by atoms with E-state index >= 15 is 0 Å². The molecule has 3 N–H and O–H groups in total. The summed E-state index contributed by atoms with van der Waals surface area (Å²) in [5.41, 5.74) is 6.84. The Morgan fingerprint density at radius 2 is 2.28 bits per heavy atom. The van der Waals surface area contributed by atoms with Gasteiger partial charge in [-0.1, -0.05) is 6.42 Å². The zero-order chi connectivity index (χ0) is 13.0. The molecule has 1 saturated heterocycles. The lowest BCUT2D eigenvalue weighted by Gasteiger charge is -2.21. The Balaban J connectivity index is 1.97. The highest BCUT2D eigenvalue weighted by atomic mass is 32.2. The van der Waals surface area contributed by atoms with E-state index in [-0.39, 0.29) is 5.69 Å². The molecule has 98 valence electrons. The molecule has 1 aromatic carbocycles. The van der Waals surface area contributed by atoms with Gasteiger partial charge in [-0.25, -0.2) is 0 Å². The molecule has 0 amide bonds. The third-order valence-corrected chi connectivity index (χ3v) is 4.36. The highest BCUT2D eigenvalue weighted by Gasteiger charge is 2.14. The van der Waals surface area contributed by atoms with Gasteiger partial charge in [0.2, 0.25) is 0 Å². The summed E-state index contributed by atoms with van der Waals surface area (Å²) in [4.78, 5) is 10.3. The van der Waals surface area contributed by atoms with Crippen molar-refractivity contribution in [2.75, 3.05) is 23.3 Å². The number of nitrogens with two attached hydrogens (primary N) is 1. The third-order valence-electron chi connectivity index (χ3n) is 2.96. The summed E-state index contributed by atoms with van der Waals surface area (Å²) in [6.45, 7) is 0.839. The fourth-order valence-electron chi connectivity index (χ4n) is 2.04. The molecule has 0 bridgehead atoms. The zero-order valence-electron chi connectivity index (χ0n) is 10.1. The normalized spacial score (nSPS) is 19.4. The number of nitro groups is 1. The van der Waals surface area contributed by atoms with Crippen molar-refractivity contribution >= 4 is 28.8 Å². The predicted molar refractivity (Wildman–Crippen MR) is 76.1 cm³/mol. The predicted octanol–water partition coefficient (Wildman–Crippen LogP) is 2.87. The minimum absolute atomic E-state index is 0.0359. The van der Waals surface area contributed by atoms with Crippen molar-refractivity contribution in [1.82, 2.24) is 0 Å². The Kier molecular flexibility index (Phi) is 4.30. The Morgan fingerprint density at radius 3 is 2.94 bits per heavy atom. The maximum Gasteiger partial charge on any atom is 0.273 e. The van der Waals surface area contributed by atoms with Crippen LogP contribution in [0, 0.1) is 10.1 Å². The lowest BCUT2D eigenvalue weighted by atomic mass is 10.2. The van der Waals surface area contributed by atoms with E-state index in [4.69, 9.17) is 5.73 Å². The molecule has 18 heavy (non-hydrogen) atoms. The average Bonchev–Trinajstić information content (AvgIpc) is 2.37. The number of nitrogen functional groups attached to an aromatic ring is 1. The van der Waals surface area contributed by atoms with Crippen LogP contribution in [0.15, 0.2) is 18.2 Å². The van der Waals surface area contributed by atoms with Gasteiger partial charge < -0.3 is 11.1 Å². The molecule has 1 aliphatic rings. The number of nitrogens with zero attached hydrogens (tertiary/aromatic N) is 1. The summed E-state index contributed by atoms with van der Waals surface area (Å²) in [5.74, 6) is 1.21. The van der Waals surface area contributed by atoms with Crippen LogP contribution in [0.2, 0.25) is 0 Å². The highest BCUT2D eigenvalue weighted by Crippen LogP contribution is 2.27. The second-order valence-corrected chi connectivity index (χ2v) is 5.85. The maximum absolute atomic E-state index is 10.7. The van der Waals surface area contributed by atoms with Crippen LogP contribution in [0.4, 0.5) is 17.1 Å². The average molecular weight is 267 g/mol. The molecule has 0 spiro atoms. The second-order valence-electron chi connectivity index (χ2n) is 4.44. The summed E-state index contributed by atoms with van der Waals surface area (Å²) in [5, 5.41) is 14.6. The van der Waals surface area contributed by atoms with E-state index < -0.39 is 4.92 Å². The minimum atomic E-state index is -0.420. The fraction of sp³-hybridized carbons (Fsp3) is 0.500. The van der Waals surface area contributed by atoms with Gasteiger partial charge in [0.25, 0.3) is 5.69 Å². The summed E-state index contributed by atoms with van der Waals surface area (Å²) in [6.07, 6.45) is 3.78. The van der Waals surface area contributed by atoms with E-state index in [0.717, 1.165) is 12.2 Å². The molecular formula is C12H17N3O2S. The van der Waals surface area contributed by atoms with E-state index in [9.17, 15) is 10.1 Å². The Hall–Kier alpha value is -1.43. The standard InChI is InChI=1S/C12H17N3O2S/c13-9-5-10(7-11(6-9)15(16)17)14-8-12-3-1-2-4-18-12/h5-7,12,14H,1-4,8,13H2. The third kappa shape index (κ3) is 3.53. The van der Waals surface area contributed by atoms with E-state index in [2.05, 4.69) is 5.32 Å². The minimum Gasteiger partial charge on any atom is -0.398 e. The molecule has 2 rings (SSSR count). The Morgan fingerprint density at radius 1 is 1.44 bits per heavy atom. The number of anilines is 2. The molecule has 5 nitrogen and oxygen atoms in total. The molecule has 0 aliphatic carbocycles. The van der Waals surface area contributed by atoms with Gasteiger partial charge in [-0.15, -0.1) is 0 Å². The van der Waals surface area contributed by atoms with Crippen molar-refractivity contribution in [2.24, 2.45) is 0 Å². The topological polar surface area (TPSA) is 81.2 Å². The van der Waals surface area contributed by atoms with Crippen LogP contribution in [-0.2, 0) is 0 Å². The summed E-state index contributed by atoms with van der Waals surface area (Å²) >= 11 is 1.97. The summed E-state index contributed by atoms with van der Waals surface area (Å²) in [6, 6.07) is 4.64. The van der Waals surface area contributed by atoms with Crippen molar-refractivity contribution in [1.29, 1.82) is 0 Å².